The molecule has 2 atom stereocenters. The van der Waals surface area contributed by atoms with Crippen LogP contribution in [0.5, 0.6) is 5.75 Å². The number of ketones is 1. The molecule has 5 rings (SSSR count). The molecule has 1 aliphatic heterocycles. The Morgan fingerprint density at radius 3 is 2.19 bits per heavy atom. The number of Topliss-reactive ketones (excluding diaryl/α,β-unsaturated/α-hetero) is 1. The van der Waals surface area contributed by atoms with Gasteiger partial charge in [0.25, 0.3) is 0 Å². The first-order valence-corrected chi connectivity index (χ1v) is 13.3. The molecule has 3 aromatic carbocycles. The molecule has 0 radical (unpaired) electrons. The lowest BCUT2D eigenvalue weighted by Crippen LogP contribution is -2.47. The van der Waals surface area contributed by atoms with Gasteiger partial charge in [-0.1, -0.05) is 78.9 Å². The molecule has 3 aromatic rings. The number of para-hydroxylation sites is 1. The molecular formula is C32H36N2O3. The third-order valence-electron chi connectivity index (χ3n) is 8.17. The highest BCUT2D eigenvalue weighted by Crippen LogP contribution is 2.52. The molecule has 5 nitrogen and oxygen atoms in total. The number of likely N-dealkylation sites (tertiary alicyclic amines) is 1. The van der Waals surface area contributed by atoms with Crippen molar-refractivity contribution in [3.8, 4) is 5.75 Å². The summed E-state index contributed by atoms with van der Waals surface area (Å²) >= 11 is 0. The molecule has 0 spiro atoms. The molecule has 1 aliphatic carbocycles. The summed E-state index contributed by atoms with van der Waals surface area (Å²) in [4.78, 5) is 30.9. The largest absolute Gasteiger partial charge is 0.492 e. The average molecular weight is 497 g/mol. The molecule has 5 heteroatoms. The molecule has 2 fully saturated rings. The highest BCUT2D eigenvalue weighted by Gasteiger charge is 2.55. The summed E-state index contributed by atoms with van der Waals surface area (Å²) in [5.74, 6) is 1.00. The van der Waals surface area contributed by atoms with Gasteiger partial charge in [0.2, 0.25) is 5.91 Å². The lowest BCUT2D eigenvalue weighted by Gasteiger charge is -2.45. The summed E-state index contributed by atoms with van der Waals surface area (Å²) in [5.41, 5.74) is 3.07. The van der Waals surface area contributed by atoms with Gasteiger partial charge in [-0.15, -0.1) is 0 Å². The van der Waals surface area contributed by atoms with Crippen LogP contribution in [0.3, 0.4) is 0 Å². The SMILES string of the molecule is CN(C)CCOc1ccccc1CC(=O)N1CC2C(=O)CCC(c3ccccc3)(c3ccccc3)C2C1. The van der Waals surface area contributed by atoms with Gasteiger partial charge in [-0.05, 0) is 37.7 Å². The molecule has 0 aromatic heterocycles. The van der Waals surface area contributed by atoms with E-state index in [2.05, 4.69) is 53.4 Å². The first-order chi connectivity index (χ1) is 18.0. The van der Waals surface area contributed by atoms with Gasteiger partial charge in [0.05, 0.1) is 6.42 Å². The van der Waals surface area contributed by atoms with E-state index >= 15 is 0 Å². The number of likely N-dealkylation sites (N-methyl/N-ethyl adjacent to an activating group) is 1. The average Bonchev–Trinajstić information content (AvgIpc) is 3.38. The Balaban J connectivity index is 1.41. The van der Waals surface area contributed by atoms with Gasteiger partial charge >= 0.3 is 0 Å². The zero-order valence-electron chi connectivity index (χ0n) is 21.8. The predicted octanol–water partition coefficient (Wildman–Crippen LogP) is 4.59. The van der Waals surface area contributed by atoms with Crippen molar-refractivity contribution in [2.45, 2.75) is 24.7 Å². The number of hydrogen-bond acceptors (Lipinski definition) is 4. The van der Waals surface area contributed by atoms with Gasteiger partial charge in [-0.2, -0.15) is 0 Å². The Labute approximate surface area is 220 Å². The summed E-state index contributed by atoms with van der Waals surface area (Å²) in [7, 11) is 4.02. The Kier molecular flexibility index (Phi) is 7.43. The van der Waals surface area contributed by atoms with Crippen LogP contribution < -0.4 is 4.74 Å². The summed E-state index contributed by atoms with van der Waals surface area (Å²) in [6.07, 6.45) is 1.58. The van der Waals surface area contributed by atoms with E-state index in [1.54, 1.807) is 0 Å². The number of fused-ring (bicyclic) bond motifs is 1. The summed E-state index contributed by atoms with van der Waals surface area (Å²) in [5, 5.41) is 0. The highest BCUT2D eigenvalue weighted by atomic mass is 16.5. The molecular weight excluding hydrogens is 460 g/mol. The van der Waals surface area contributed by atoms with Gasteiger partial charge in [-0.3, -0.25) is 9.59 Å². The van der Waals surface area contributed by atoms with Crippen LogP contribution in [-0.2, 0) is 21.4 Å². The van der Waals surface area contributed by atoms with Crippen LogP contribution in [0.2, 0.25) is 0 Å². The van der Waals surface area contributed by atoms with E-state index in [1.807, 2.05) is 55.4 Å². The number of hydrogen-bond donors (Lipinski definition) is 0. The zero-order chi connectivity index (χ0) is 25.8. The monoisotopic (exact) mass is 496 g/mol. The fourth-order valence-corrected chi connectivity index (χ4v) is 6.28. The van der Waals surface area contributed by atoms with Crippen molar-refractivity contribution in [3.05, 3.63) is 102 Å². The number of amides is 1. The van der Waals surface area contributed by atoms with Crippen LogP contribution in [0.1, 0.15) is 29.5 Å². The van der Waals surface area contributed by atoms with Crippen LogP contribution in [0, 0.1) is 11.8 Å². The summed E-state index contributed by atoms with van der Waals surface area (Å²) in [6, 6.07) is 28.9. The molecule has 192 valence electrons. The maximum absolute atomic E-state index is 13.6. The number of benzene rings is 3. The van der Waals surface area contributed by atoms with E-state index in [0.29, 0.717) is 26.1 Å². The van der Waals surface area contributed by atoms with E-state index in [0.717, 1.165) is 24.3 Å². The van der Waals surface area contributed by atoms with Crippen molar-refractivity contribution in [1.82, 2.24) is 9.80 Å². The fourth-order valence-electron chi connectivity index (χ4n) is 6.28. The molecule has 0 N–H and O–H groups in total. The molecule has 1 saturated heterocycles. The van der Waals surface area contributed by atoms with Gasteiger partial charge in [0.1, 0.15) is 18.1 Å². The smallest absolute Gasteiger partial charge is 0.227 e. The number of carbonyl (C=O) groups is 2. The third kappa shape index (κ3) is 5.05. The van der Waals surface area contributed by atoms with Gasteiger partial charge in [-0.25, -0.2) is 0 Å². The first kappa shape index (κ1) is 25.2. The highest BCUT2D eigenvalue weighted by molar-refractivity contribution is 5.86. The Bertz CT molecular complexity index is 1190. The quantitative estimate of drug-likeness (QED) is 0.458. The van der Waals surface area contributed by atoms with Crippen molar-refractivity contribution in [2.24, 2.45) is 11.8 Å². The van der Waals surface area contributed by atoms with Crippen molar-refractivity contribution in [1.29, 1.82) is 0 Å². The standard InChI is InChI=1S/C32H36N2O3/c1-33(2)19-20-37-30-16-10-9-11-24(30)21-31(36)34-22-27-28(23-34)32(18-17-29(27)35,25-12-5-3-6-13-25)26-14-7-4-8-15-26/h3-16,27-28H,17-23H2,1-2H3. The first-order valence-electron chi connectivity index (χ1n) is 13.3. The van der Waals surface area contributed by atoms with E-state index in [4.69, 9.17) is 4.74 Å². The maximum Gasteiger partial charge on any atom is 0.227 e. The minimum Gasteiger partial charge on any atom is -0.492 e. The minimum atomic E-state index is -0.288. The van der Waals surface area contributed by atoms with E-state index in [1.165, 1.54) is 11.1 Å². The third-order valence-corrected chi connectivity index (χ3v) is 8.17. The Morgan fingerprint density at radius 1 is 0.919 bits per heavy atom. The van der Waals surface area contributed by atoms with Crippen molar-refractivity contribution < 1.29 is 14.3 Å². The molecule has 0 bridgehead atoms. The second kappa shape index (κ2) is 10.9. The van der Waals surface area contributed by atoms with Crippen molar-refractivity contribution >= 4 is 11.7 Å². The molecule has 2 aliphatic rings. The van der Waals surface area contributed by atoms with Gasteiger partial charge in [0.15, 0.2) is 0 Å². The topological polar surface area (TPSA) is 49.9 Å². The minimum absolute atomic E-state index is 0.0501. The summed E-state index contributed by atoms with van der Waals surface area (Å²) < 4.78 is 6.01. The number of carbonyl (C=O) groups excluding carboxylic acids is 2. The van der Waals surface area contributed by atoms with Gasteiger partial charge in [0, 0.05) is 48.9 Å². The second-order valence-electron chi connectivity index (χ2n) is 10.6. The fraction of sp³-hybridized carbons (Fsp3) is 0.375. The second-order valence-corrected chi connectivity index (χ2v) is 10.6. The van der Waals surface area contributed by atoms with Gasteiger partial charge < -0.3 is 14.5 Å². The normalized spacial score (nSPS) is 20.6. The van der Waals surface area contributed by atoms with Crippen LogP contribution in [-0.4, -0.2) is 61.8 Å². The molecule has 1 amide bonds. The van der Waals surface area contributed by atoms with Crippen LogP contribution in [0.25, 0.3) is 0 Å². The van der Waals surface area contributed by atoms with Crippen molar-refractivity contribution in [2.75, 3.05) is 40.3 Å². The molecule has 37 heavy (non-hydrogen) atoms. The lowest BCUT2D eigenvalue weighted by molar-refractivity contribution is -0.129. The van der Waals surface area contributed by atoms with Crippen LogP contribution >= 0.6 is 0 Å². The molecule has 1 heterocycles. The number of rotatable bonds is 8. The predicted molar refractivity (Wildman–Crippen MR) is 146 cm³/mol. The van der Waals surface area contributed by atoms with Crippen LogP contribution in [0.15, 0.2) is 84.9 Å². The Morgan fingerprint density at radius 2 is 1.54 bits per heavy atom. The number of nitrogens with zero attached hydrogens (tertiary/aromatic N) is 2. The van der Waals surface area contributed by atoms with E-state index in [9.17, 15) is 9.59 Å². The van der Waals surface area contributed by atoms with Crippen molar-refractivity contribution in [3.63, 3.8) is 0 Å². The summed E-state index contributed by atoms with van der Waals surface area (Å²) in [6.45, 7) is 2.45. The lowest BCUT2D eigenvalue weighted by atomic mass is 9.56. The number of ether oxygens (including phenoxy) is 1. The zero-order valence-corrected chi connectivity index (χ0v) is 21.8. The Hall–Kier alpha value is -3.44. The molecule has 2 unspecified atom stereocenters. The van der Waals surface area contributed by atoms with Crippen LogP contribution in [0.4, 0.5) is 0 Å². The molecule has 1 saturated carbocycles. The maximum atomic E-state index is 13.6. The van der Waals surface area contributed by atoms with E-state index in [-0.39, 0.29) is 35.4 Å². The van der Waals surface area contributed by atoms with E-state index < -0.39 is 0 Å².